The van der Waals surface area contributed by atoms with Crippen LogP contribution in [0, 0.1) is 0 Å². The lowest BCUT2D eigenvalue weighted by Gasteiger charge is -2.24. The Morgan fingerprint density at radius 1 is 1.47 bits per heavy atom. The molecule has 0 aliphatic carbocycles. The second kappa shape index (κ2) is 6.57. The Kier molecular flexibility index (Phi) is 4.80. The standard InChI is InChI=1S/C15H22N2O2/c1-2-9-16-14-8-4-3-7-13(14)15(19)17-10-5-6-12(17)11-18/h3-4,7-8,12,16,18H,2,5-6,9-11H2,1H3/t12-/m1/s1. The molecule has 0 unspecified atom stereocenters. The molecule has 4 heteroatoms. The molecule has 1 amide bonds. The van der Waals surface area contributed by atoms with E-state index in [0.717, 1.165) is 38.0 Å². The fraction of sp³-hybridized carbons (Fsp3) is 0.533. The Hall–Kier alpha value is -1.55. The topological polar surface area (TPSA) is 52.6 Å². The molecule has 1 fully saturated rings. The normalized spacial score (nSPS) is 18.6. The number of amides is 1. The van der Waals surface area contributed by atoms with Crippen molar-refractivity contribution < 1.29 is 9.90 Å². The van der Waals surface area contributed by atoms with Crippen LogP contribution in [-0.4, -0.2) is 41.7 Å². The summed E-state index contributed by atoms with van der Waals surface area (Å²) < 4.78 is 0. The zero-order valence-electron chi connectivity index (χ0n) is 11.4. The number of nitrogens with one attached hydrogen (secondary N) is 1. The molecule has 1 atom stereocenters. The van der Waals surface area contributed by atoms with Gasteiger partial charge < -0.3 is 15.3 Å². The number of aliphatic hydroxyl groups is 1. The van der Waals surface area contributed by atoms with E-state index >= 15 is 0 Å². The number of rotatable bonds is 5. The van der Waals surface area contributed by atoms with Gasteiger partial charge in [0.05, 0.1) is 18.2 Å². The van der Waals surface area contributed by atoms with Crippen LogP contribution < -0.4 is 5.32 Å². The van der Waals surface area contributed by atoms with Gasteiger partial charge in [-0.1, -0.05) is 19.1 Å². The number of para-hydroxylation sites is 1. The summed E-state index contributed by atoms with van der Waals surface area (Å²) in [6.45, 7) is 3.75. The quantitative estimate of drug-likeness (QED) is 0.854. The molecule has 19 heavy (non-hydrogen) atoms. The maximum atomic E-state index is 12.6. The lowest BCUT2D eigenvalue weighted by atomic mass is 10.1. The van der Waals surface area contributed by atoms with Crippen LogP contribution in [0.25, 0.3) is 0 Å². The number of nitrogens with zero attached hydrogens (tertiary/aromatic N) is 1. The first-order chi connectivity index (χ1) is 9.27. The highest BCUT2D eigenvalue weighted by Crippen LogP contribution is 2.23. The van der Waals surface area contributed by atoms with Crippen LogP contribution in [0.5, 0.6) is 0 Å². The third kappa shape index (κ3) is 3.07. The molecular weight excluding hydrogens is 240 g/mol. The first-order valence-corrected chi connectivity index (χ1v) is 7.02. The fourth-order valence-electron chi connectivity index (χ4n) is 2.53. The number of benzene rings is 1. The summed E-state index contributed by atoms with van der Waals surface area (Å²) in [5.74, 6) is 0.0238. The number of aliphatic hydroxyl groups excluding tert-OH is 1. The van der Waals surface area contributed by atoms with Gasteiger partial charge in [0.1, 0.15) is 0 Å². The van der Waals surface area contributed by atoms with E-state index in [-0.39, 0.29) is 18.6 Å². The van der Waals surface area contributed by atoms with Crippen LogP contribution >= 0.6 is 0 Å². The molecule has 0 bridgehead atoms. The summed E-state index contributed by atoms with van der Waals surface area (Å²) in [6.07, 6.45) is 2.89. The monoisotopic (exact) mass is 262 g/mol. The predicted octanol–water partition coefficient (Wildman–Crippen LogP) is 2.11. The van der Waals surface area contributed by atoms with Crippen molar-refractivity contribution in [2.75, 3.05) is 25.0 Å². The van der Waals surface area contributed by atoms with Crippen LogP contribution in [0.1, 0.15) is 36.5 Å². The van der Waals surface area contributed by atoms with E-state index in [0.29, 0.717) is 5.56 Å². The molecule has 0 spiro atoms. The van der Waals surface area contributed by atoms with Crippen LogP contribution in [0.2, 0.25) is 0 Å². The molecule has 0 aromatic heterocycles. The second-order valence-electron chi connectivity index (χ2n) is 4.95. The second-order valence-corrected chi connectivity index (χ2v) is 4.95. The van der Waals surface area contributed by atoms with Crippen molar-refractivity contribution in [1.82, 2.24) is 4.90 Å². The van der Waals surface area contributed by atoms with E-state index < -0.39 is 0 Å². The van der Waals surface area contributed by atoms with Crippen LogP contribution in [-0.2, 0) is 0 Å². The third-order valence-corrected chi connectivity index (χ3v) is 3.57. The molecule has 2 rings (SSSR count). The largest absolute Gasteiger partial charge is 0.394 e. The van der Waals surface area contributed by atoms with Crippen LogP contribution in [0.4, 0.5) is 5.69 Å². The van der Waals surface area contributed by atoms with E-state index in [1.165, 1.54) is 0 Å². The summed E-state index contributed by atoms with van der Waals surface area (Å²) >= 11 is 0. The summed E-state index contributed by atoms with van der Waals surface area (Å²) in [6, 6.07) is 7.59. The van der Waals surface area contributed by atoms with Crippen LogP contribution in [0.3, 0.4) is 0 Å². The van der Waals surface area contributed by atoms with E-state index in [4.69, 9.17) is 0 Å². The molecule has 1 saturated heterocycles. The molecule has 0 radical (unpaired) electrons. The van der Waals surface area contributed by atoms with E-state index in [9.17, 15) is 9.90 Å². The molecular formula is C15H22N2O2. The minimum atomic E-state index is -0.0215. The first kappa shape index (κ1) is 13.9. The van der Waals surface area contributed by atoms with Gasteiger partial charge in [-0.3, -0.25) is 4.79 Å². The SMILES string of the molecule is CCCNc1ccccc1C(=O)N1CCC[C@@H]1CO. The highest BCUT2D eigenvalue weighted by molar-refractivity contribution is 5.99. The minimum Gasteiger partial charge on any atom is -0.394 e. The number of hydrogen-bond acceptors (Lipinski definition) is 3. The maximum Gasteiger partial charge on any atom is 0.256 e. The van der Waals surface area contributed by atoms with Gasteiger partial charge in [0.2, 0.25) is 0 Å². The van der Waals surface area contributed by atoms with Crippen molar-refractivity contribution in [1.29, 1.82) is 0 Å². The highest BCUT2D eigenvalue weighted by Gasteiger charge is 2.29. The molecule has 1 aliphatic rings. The third-order valence-electron chi connectivity index (χ3n) is 3.57. The van der Waals surface area contributed by atoms with E-state index in [1.54, 1.807) is 4.90 Å². The smallest absolute Gasteiger partial charge is 0.256 e. The van der Waals surface area contributed by atoms with Gasteiger partial charge in [0.15, 0.2) is 0 Å². The van der Waals surface area contributed by atoms with Gasteiger partial charge in [-0.25, -0.2) is 0 Å². The Labute approximate surface area is 114 Å². The van der Waals surface area contributed by atoms with Gasteiger partial charge in [0.25, 0.3) is 5.91 Å². The van der Waals surface area contributed by atoms with Gasteiger partial charge in [0, 0.05) is 18.8 Å². The molecule has 1 aromatic carbocycles. The predicted molar refractivity (Wildman–Crippen MR) is 76.4 cm³/mol. The van der Waals surface area contributed by atoms with Crippen molar-refractivity contribution in [2.45, 2.75) is 32.2 Å². The first-order valence-electron chi connectivity index (χ1n) is 7.02. The number of hydrogen-bond donors (Lipinski definition) is 2. The van der Waals surface area contributed by atoms with Gasteiger partial charge in [-0.05, 0) is 31.4 Å². The minimum absolute atomic E-state index is 0.0215. The zero-order valence-corrected chi connectivity index (χ0v) is 11.4. The molecule has 1 aliphatic heterocycles. The number of carbonyl (C=O) groups excluding carboxylic acids is 1. The van der Waals surface area contributed by atoms with E-state index in [1.807, 2.05) is 24.3 Å². The van der Waals surface area contributed by atoms with Crippen molar-refractivity contribution in [3.63, 3.8) is 0 Å². The lowest BCUT2D eigenvalue weighted by molar-refractivity contribution is 0.0678. The molecule has 4 nitrogen and oxygen atoms in total. The zero-order chi connectivity index (χ0) is 13.7. The molecule has 1 heterocycles. The van der Waals surface area contributed by atoms with Crippen molar-refractivity contribution in [3.05, 3.63) is 29.8 Å². The van der Waals surface area contributed by atoms with Crippen LogP contribution in [0.15, 0.2) is 24.3 Å². The fourth-order valence-corrected chi connectivity index (χ4v) is 2.53. The Morgan fingerprint density at radius 2 is 2.26 bits per heavy atom. The highest BCUT2D eigenvalue weighted by atomic mass is 16.3. The average molecular weight is 262 g/mol. The lowest BCUT2D eigenvalue weighted by Crippen LogP contribution is -2.37. The van der Waals surface area contributed by atoms with Gasteiger partial charge >= 0.3 is 0 Å². The van der Waals surface area contributed by atoms with Crippen molar-refractivity contribution >= 4 is 11.6 Å². The summed E-state index contributed by atoms with van der Waals surface area (Å²) in [5.41, 5.74) is 1.59. The Morgan fingerprint density at radius 3 is 3.00 bits per heavy atom. The Balaban J connectivity index is 2.18. The molecule has 0 saturated carbocycles. The summed E-state index contributed by atoms with van der Waals surface area (Å²) in [4.78, 5) is 14.4. The average Bonchev–Trinajstić information content (AvgIpc) is 2.93. The number of likely N-dealkylation sites (tertiary alicyclic amines) is 1. The summed E-state index contributed by atoms with van der Waals surface area (Å²) in [7, 11) is 0. The number of anilines is 1. The van der Waals surface area contributed by atoms with Crippen molar-refractivity contribution in [2.24, 2.45) is 0 Å². The molecule has 104 valence electrons. The van der Waals surface area contributed by atoms with Gasteiger partial charge in [-0.2, -0.15) is 0 Å². The summed E-state index contributed by atoms with van der Waals surface area (Å²) in [5, 5.41) is 12.6. The van der Waals surface area contributed by atoms with Gasteiger partial charge in [-0.15, -0.1) is 0 Å². The molecule has 1 aromatic rings. The van der Waals surface area contributed by atoms with E-state index in [2.05, 4.69) is 12.2 Å². The molecule has 2 N–H and O–H groups in total. The maximum absolute atomic E-state index is 12.6. The van der Waals surface area contributed by atoms with Crippen molar-refractivity contribution in [3.8, 4) is 0 Å². The Bertz CT molecular complexity index is 434. The number of carbonyl (C=O) groups is 1.